The summed E-state index contributed by atoms with van der Waals surface area (Å²) in [5, 5.41) is 0. The minimum Gasteiger partial charge on any atom is -0.269 e. The van der Waals surface area contributed by atoms with Crippen molar-refractivity contribution in [2.75, 3.05) is 13.6 Å². The molecule has 0 aromatic heterocycles. The van der Waals surface area contributed by atoms with Gasteiger partial charge >= 0.3 is 6.03 Å². The number of amidine groups is 1. The van der Waals surface area contributed by atoms with Crippen molar-refractivity contribution < 1.29 is 14.6 Å². The van der Waals surface area contributed by atoms with Crippen LogP contribution in [0, 0.1) is 5.92 Å². The second kappa shape index (κ2) is 3.70. The highest BCUT2D eigenvalue weighted by Crippen LogP contribution is 2.13. The molecule has 6 nitrogen and oxygen atoms in total. The van der Waals surface area contributed by atoms with Crippen LogP contribution in [0.25, 0.3) is 0 Å². The number of aliphatic imine (C=N–C) groups is 1. The van der Waals surface area contributed by atoms with Crippen LogP contribution >= 0.6 is 0 Å². The third-order valence-corrected chi connectivity index (χ3v) is 2.62. The first kappa shape index (κ1) is 10.8. The maximum Gasteiger partial charge on any atom is 0.333 e. The third kappa shape index (κ3) is 1.50. The summed E-state index contributed by atoms with van der Waals surface area (Å²) in [6.07, 6.45) is 1.47. The van der Waals surface area contributed by atoms with Gasteiger partial charge in [0.05, 0.1) is 0 Å². The first-order valence-corrected chi connectivity index (χ1v) is 5.27. The van der Waals surface area contributed by atoms with Crippen molar-refractivity contribution in [1.29, 1.82) is 0 Å². The molecule has 86 valence electrons. The molecule has 16 heavy (non-hydrogen) atoms. The van der Waals surface area contributed by atoms with E-state index in [1.165, 1.54) is 13.4 Å². The minimum atomic E-state index is -0.499. The van der Waals surface area contributed by atoms with Crippen molar-refractivity contribution in [3.05, 3.63) is 0 Å². The average molecular weight is 223 g/mol. The molecule has 2 aliphatic rings. The number of carbonyl (C=O) groups excluding carboxylic acids is 2. The van der Waals surface area contributed by atoms with Crippen molar-refractivity contribution >= 4 is 24.1 Å². The second-order valence-electron chi connectivity index (χ2n) is 4.40. The summed E-state index contributed by atoms with van der Waals surface area (Å²) in [5.41, 5.74) is 0. The molecule has 2 heterocycles. The predicted molar refractivity (Wildman–Crippen MR) is 58.0 cm³/mol. The molecule has 0 aliphatic carbocycles. The number of imide groups is 1. The fraction of sp³-hybridized carbons (Fsp3) is 0.600. The van der Waals surface area contributed by atoms with Gasteiger partial charge in [0.25, 0.3) is 24.1 Å². The van der Waals surface area contributed by atoms with E-state index in [-0.39, 0.29) is 11.9 Å². The zero-order chi connectivity index (χ0) is 11.9. The number of carbonyl (C=O) groups is 2. The van der Waals surface area contributed by atoms with E-state index in [9.17, 15) is 9.59 Å². The van der Waals surface area contributed by atoms with E-state index in [1.54, 1.807) is 4.90 Å². The van der Waals surface area contributed by atoms with Gasteiger partial charge in [0.2, 0.25) is 0 Å². The van der Waals surface area contributed by atoms with Crippen LogP contribution in [0.15, 0.2) is 4.99 Å². The third-order valence-electron chi connectivity index (χ3n) is 2.62. The van der Waals surface area contributed by atoms with Gasteiger partial charge in [-0.1, -0.05) is 13.8 Å². The maximum absolute atomic E-state index is 11.9. The topological polar surface area (TPSA) is 67.0 Å². The van der Waals surface area contributed by atoms with Gasteiger partial charge in [-0.15, -0.1) is 0 Å². The van der Waals surface area contributed by atoms with Crippen LogP contribution in [-0.4, -0.2) is 53.5 Å². The fourth-order valence-electron chi connectivity index (χ4n) is 1.84. The van der Waals surface area contributed by atoms with Gasteiger partial charge < -0.3 is 0 Å². The lowest BCUT2D eigenvalue weighted by Crippen LogP contribution is -2.84. The molecule has 1 N–H and O–H groups in total. The van der Waals surface area contributed by atoms with Crippen molar-refractivity contribution in [3.8, 4) is 0 Å². The zero-order valence-electron chi connectivity index (χ0n) is 9.60. The van der Waals surface area contributed by atoms with E-state index in [1.807, 2.05) is 13.8 Å². The molecule has 0 spiro atoms. The van der Waals surface area contributed by atoms with Gasteiger partial charge in [-0.2, -0.15) is 0 Å². The molecule has 0 aromatic rings. The number of nitrogens with one attached hydrogen (secondary N) is 1. The summed E-state index contributed by atoms with van der Waals surface area (Å²) < 4.78 is 0. The van der Waals surface area contributed by atoms with Crippen LogP contribution in [-0.2, 0) is 4.79 Å². The maximum atomic E-state index is 11.9. The molecule has 1 saturated heterocycles. The summed E-state index contributed by atoms with van der Waals surface area (Å²) >= 11 is 0. The number of fused-ring (bicyclic) bond motifs is 1. The lowest BCUT2D eigenvalue weighted by Gasteiger charge is -2.32. The van der Waals surface area contributed by atoms with Crippen LogP contribution in [0.1, 0.15) is 13.8 Å². The average Bonchev–Trinajstić information content (AvgIpc) is 2.69. The number of nitrogens with zero attached hydrogens (tertiary/aromatic N) is 3. The highest BCUT2D eigenvalue weighted by atomic mass is 16.2. The largest absolute Gasteiger partial charge is 0.333 e. The molecule has 1 atom stereocenters. The zero-order valence-corrected chi connectivity index (χ0v) is 9.60. The Balaban J connectivity index is 2.31. The van der Waals surface area contributed by atoms with Gasteiger partial charge in [-0.3, -0.25) is 19.6 Å². The number of hydrogen-bond donors (Lipinski definition) is 1. The van der Waals surface area contributed by atoms with Crippen LogP contribution in [0.5, 0.6) is 0 Å². The molecule has 0 saturated carbocycles. The van der Waals surface area contributed by atoms with Gasteiger partial charge in [-0.05, 0) is 10.9 Å². The number of rotatable bonds is 2. The van der Waals surface area contributed by atoms with Crippen molar-refractivity contribution in [3.63, 3.8) is 0 Å². The SMILES string of the molecule is CC(C)CN1C(=O)N(C)C(=O)C2[NH+]=CN=C21. The standard InChI is InChI=1S/C10H14N4O2/c1-6(2)4-14-8-7(11-5-12-8)9(15)13(3)10(14)16/h5-7H,4H2,1-3H3/p+1. The Hall–Kier alpha value is -1.72. The Kier molecular flexibility index (Phi) is 2.49. The van der Waals surface area contributed by atoms with Crippen molar-refractivity contribution in [2.24, 2.45) is 10.9 Å². The smallest absolute Gasteiger partial charge is 0.269 e. The second-order valence-corrected chi connectivity index (χ2v) is 4.40. The Labute approximate surface area is 93.6 Å². The van der Waals surface area contributed by atoms with E-state index >= 15 is 0 Å². The number of hydrogen-bond acceptors (Lipinski definition) is 3. The van der Waals surface area contributed by atoms with Crippen molar-refractivity contribution in [1.82, 2.24) is 9.80 Å². The molecule has 2 aliphatic heterocycles. The number of urea groups is 1. The molecule has 1 unspecified atom stereocenters. The summed E-state index contributed by atoms with van der Waals surface area (Å²) in [5.74, 6) is 0.591. The van der Waals surface area contributed by atoms with E-state index in [2.05, 4.69) is 9.98 Å². The van der Waals surface area contributed by atoms with E-state index in [4.69, 9.17) is 0 Å². The van der Waals surface area contributed by atoms with E-state index in [0.717, 1.165) is 4.90 Å². The van der Waals surface area contributed by atoms with Gasteiger partial charge in [0.1, 0.15) is 0 Å². The van der Waals surface area contributed by atoms with E-state index < -0.39 is 6.04 Å². The summed E-state index contributed by atoms with van der Waals surface area (Å²) in [7, 11) is 1.49. The first-order valence-electron chi connectivity index (χ1n) is 5.27. The van der Waals surface area contributed by atoms with Crippen LogP contribution in [0.3, 0.4) is 0 Å². The molecule has 0 bridgehead atoms. The molecule has 0 aromatic carbocycles. The Bertz CT molecular complexity index is 400. The monoisotopic (exact) mass is 223 g/mol. The Morgan fingerprint density at radius 3 is 2.81 bits per heavy atom. The molecule has 0 radical (unpaired) electrons. The Morgan fingerprint density at radius 1 is 1.50 bits per heavy atom. The molecular weight excluding hydrogens is 208 g/mol. The van der Waals surface area contributed by atoms with Crippen LogP contribution < -0.4 is 4.99 Å². The highest BCUT2D eigenvalue weighted by Gasteiger charge is 2.48. The highest BCUT2D eigenvalue weighted by molar-refractivity contribution is 6.21. The fourth-order valence-corrected chi connectivity index (χ4v) is 1.84. The van der Waals surface area contributed by atoms with E-state index in [0.29, 0.717) is 18.3 Å². The normalized spacial score (nSPS) is 24.2. The van der Waals surface area contributed by atoms with Gasteiger partial charge in [0.15, 0.2) is 0 Å². The summed E-state index contributed by atoms with van der Waals surface area (Å²) in [6.45, 7) is 4.61. The Morgan fingerprint density at radius 2 is 2.19 bits per heavy atom. The molecule has 6 heteroatoms. The molecule has 2 rings (SSSR count). The predicted octanol–water partition coefficient (Wildman–Crippen LogP) is -1.57. The number of amides is 3. The molecular formula is C10H15N4O2+. The quantitative estimate of drug-likeness (QED) is 0.614. The molecule has 1 fully saturated rings. The summed E-state index contributed by atoms with van der Waals surface area (Å²) in [4.78, 5) is 33.3. The molecule has 3 amide bonds. The van der Waals surface area contributed by atoms with Crippen LogP contribution in [0.4, 0.5) is 4.79 Å². The van der Waals surface area contributed by atoms with Gasteiger partial charge in [0, 0.05) is 13.6 Å². The minimum absolute atomic E-state index is 0.252. The van der Waals surface area contributed by atoms with Crippen molar-refractivity contribution in [2.45, 2.75) is 19.9 Å². The number of likely N-dealkylation sites (N-methyl/N-ethyl adjacent to an activating group) is 1. The first-order chi connectivity index (χ1) is 7.52. The van der Waals surface area contributed by atoms with Gasteiger partial charge in [-0.25, -0.2) is 4.79 Å². The lowest BCUT2D eigenvalue weighted by molar-refractivity contribution is -0.461. The lowest BCUT2D eigenvalue weighted by atomic mass is 10.1. The van der Waals surface area contributed by atoms with Crippen LogP contribution in [0.2, 0.25) is 0 Å². The summed E-state index contributed by atoms with van der Waals surface area (Å²) in [6, 6.07) is -0.799.